The lowest BCUT2D eigenvalue weighted by Crippen LogP contribution is -2.44. The predicted octanol–water partition coefficient (Wildman–Crippen LogP) is 1.27. The first-order valence-electron chi connectivity index (χ1n) is 8.80. The highest BCUT2D eigenvalue weighted by atomic mass is 16.6. The minimum Gasteiger partial charge on any atom is -0.463 e. The summed E-state index contributed by atoms with van der Waals surface area (Å²) < 4.78 is 11.2. The summed E-state index contributed by atoms with van der Waals surface area (Å²) in [6.45, 7) is 7.20. The molecule has 3 aliphatic heterocycles. The zero-order chi connectivity index (χ0) is 17.5. The summed E-state index contributed by atoms with van der Waals surface area (Å²) in [6, 6.07) is 0.110. The molecular formula is C18H27NO5. The summed E-state index contributed by atoms with van der Waals surface area (Å²) in [5, 5.41) is 10.6. The van der Waals surface area contributed by atoms with Gasteiger partial charge in [0.25, 0.3) is 0 Å². The lowest BCUT2D eigenvalue weighted by molar-refractivity contribution is -0.171. The van der Waals surface area contributed by atoms with E-state index in [2.05, 4.69) is 4.90 Å². The number of hydrogen-bond donors (Lipinski definition) is 1. The van der Waals surface area contributed by atoms with Gasteiger partial charge in [0.15, 0.2) is 5.60 Å². The van der Waals surface area contributed by atoms with E-state index in [-0.39, 0.29) is 36.6 Å². The number of cyclic esters (lactones) is 1. The van der Waals surface area contributed by atoms with Crippen molar-refractivity contribution in [2.24, 2.45) is 11.8 Å². The van der Waals surface area contributed by atoms with Gasteiger partial charge in [-0.2, -0.15) is 0 Å². The summed E-state index contributed by atoms with van der Waals surface area (Å²) in [5.41, 5.74) is -0.780. The van der Waals surface area contributed by atoms with Crippen LogP contribution >= 0.6 is 0 Å². The number of carbonyl (C=O) groups is 2. The third-order valence-electron chi connectivity index (χ3n) is 5.83. The molecule has 0 aliphatic carbocycles. The van der Waals surface area contributed by atoms with Gasteiger partial charge in [-0.05, 0) is 45.6 Å². The van der Waals surface area contributed by atoms with Crippen LogP contribution in [0.1, 0.15) is 40.0 Å². The number of hydrogen-bond acceptors (Lipinski definition) is 6. The Kier molecular flexibility index (Phi) is 4.71. The van der Waals surface area contributed by atoms with E-state index in [1.807, 2.05) is 6.92 Å². The van der Waals surface area contributed by atoms with Crippen molar-refractivity contribution >= 4 is 11.9 Å². The second-order valence-electron chi connectivity index (χ2n) is 7.68. The summed E-state index contributed by atoms with van der Waals surface area (Å²) >= 11 is 0. The van der Waals surface area contributed by atoms with Crippen molar-refractivity contribution in [1.82, 2.24) is 4.90 Å². The molecule has 0 saturated carbocycles. The zero-order valence-electron chi connectivity index (χ0n) is 14.7. The monoisotopic (exact) mass is 337 g/mol. The van der Waals surface area contributed by atoms with Gasteiger partial charge in [0.05, 0.1) is 12.6 Å². The first kappa shape index (κ1) is 17.4. The van der Waals surface area contributed by atoms with Crippen molar-refractivity contribution in [2.75, 3.05) is 19.7 Å². The number of carbonyl (C=O) groups excluding carboxylic acids is 2. The van der Waals surface area contributed by atoms with E-state index in [1.165, 1.54) is 13.0 Å². The quantitative estimate of drug-likeness (QED) is 0.671. The molecule has 0 aromatic rings. The molecule has 2 saturated heterocycles. The second-order valence-corrected chi connectivity index (χ2v) is 7.68. The SMILES string of the molecule is C/C1=C\C(=O)O[C@@H]2CCN3CC[C@H](COC(=O)[C@@](C)(O)[C@@H](C)C1)[C@H]23. The molecule has 0 bridgehead atoms. The Labute approximate surface area is 142 Å². The Hall–Kier alpha value is -1.40. The van der Waals surface area contributed by atoms with E-state index in [0.29, 0.717) is 6.42 Å². The van der Waals surface area contributed by atoms with Crippen LogP contribution in [0.15, 0.2) is 11.6 Å². The third kappa shape index (κ3) is 3.22. The van der Waals surface area contributed by atoms with E-state index in [4.69, 9.17) is 9.47 Å². The number of esters is 2. The average molecular weight is 337 g/mol. The molecule has 0 unspecified atom stereocenters. The van der Waals surface area contributed by atoms with Crippen LogP contribution in [0.2, 0.25) is 0 Å². The van der Waals surface area contributed by atoms with E-state index >= 15 is 0 Å². The topological polar surface area (TPSA) is 76.1 Å². The molecular weight excluding hydrogens is 310 g/mol. The van der Waals surface area contributed by atoms with Crippen molar-refractivity contribution in [3.05, 3.63) is 11.6 Å². The number of allylic oxidation sites excluding steroid dienone is 1. The van der Waals surface area contributed by atoms with Crippen LogP contribution in [0, 0.1) is 11.8 Å². The van der Waals surface area contributed by atoms with Crippen molar-refractivity contribution in [3.63, 3.8) is 0 Å². The van der Waals surface area contributed by atoms with E-state index in [1.54, 1.807) is 6.92 Å². The normalized spacial score (nSPS) is 43.6. The summed E-state index contributed by atoms with van der Waals surface area (Å²) in [7, 11) is 0. The summed E-state index contributed by atoms with van der Waals surface area (Å²) in [6.07, 6.45) is 3.51. The van der Waals surface area contributed by atoms with Gasteiger partial charge in [0, 0.05) is 18.5 Å². The molecule has 2 fully saturated rings. The lowest BCUT2D eigenvalue weighted by atomic mass is 9.85. The van der Waals surface area contributed by atoms with Gasteiger partial charge in [-0.15, -0.1) is 0 Å². The van der Waals surface area contributed by atoms with Gasteiger partial charge in [-0.1, -0.05) is 12.5 Å². The Morgan fingerprint density at radius 1 is 1.29 bits per heavy atom. The molecule has 0 radical (unpaired) electrons. The Morgan fingerprint density at radius 2 is 2.00 bits per heavy atom. The van der Waals surface area contributed by atoms with Crippen molar-refractivity contribution < 1.29 is 24.2 Å². The fourth-order valence-electron chi connectivity index (χ4n) is 4.18. The average Bonchev–Trinajstić information content (AvgIpc) is 3.06. The maximum atomic E-state index is 12.4. The number of rotatable bonds is 0. The fraction of sp³-hybridized carbons (Fsp3) is 0.778. The number of ether oxygens (including phenoxy) is 2. The Balaban J connectivity index is 1.86. The van der Waals surface area contributed by atoms with E-state index < -0.39 is 11.6 Å². The number of nitrogens with zero attached hydrogens (tertiary/aromatic N) is 1. The van der Waals surface area contributed by atoms with Crippen molar-refractivity contribution in [2.45, 2.75) is 57.8 Å². The molecule has 5 atom stereocenters. The first-order chi connectivity index (χ1) is 11.3. The molecule has 6 heteroatoms. The molecule has 0 aromatic carbocycles. The first-order valence-corrected chi connectivity index (χ1v) is 8.80. The summed E-state index contributed by atoms with van der Waals surface area (Å²) in [4.78, 5) is 26.9. The molecule has 0 amide bonds. The van der Waals surface area contributed by atoms with Crippen molar-refractivity contribution in [1.29, 1.82) is 0 Å². The molecule has 3 heterocycles. The Bertz CT molecular complexity index is 556. The molecule has 134 valence electrons. The van der Waals surface area contributed by atoms with Gasteiger partial charge in [0.2, 0.25) is 0 Å². The highest BCUT2D eigenvalue weighted by Gasteiger charge is 2.47. The molecule has 0 spiro atoms. The van der Waals surface area contributed by atoms with Gasteiger partial charge in [-0.25, -0.2) is 9.59 Å². The number of aliphatic hydroxyl groups is 1. The maximum absolute atomic E-state index is 12.4. The largest absolute Gasteiger partial charge is 0.463 e. The van der Waals surface area contributed by atoms with Crippen molar-refractivity contribution in [3.8, 4) is 0 Å². The second kappa shape index (κ2) is 6.48. The highest BCUT2D eigenvalue weighted by Crippen LogP contribution is 2.36. The van der Waals surface area contributed by atoms with E-state index in [0.717, 1.165) is 31.5 Å². The molecule has 1 N–H and O–H groups in total. The fourth-order valence-corrected chi connectivity index (χ4v) is 4.18. The minimum absolute atomic E-state index is 0.110. The van der Waals surface area contributed by atoms with E-state index in [9.17, 15) is 14.7 Å². The van der Waals surface area contributed by atoms with Gasteiger partial charge >= 0.3 is 11.9 Å². The molecule has 0 aromatic heterocycles. The van der Waals surface area contributed by atoms with Crippen LogP contribution < -0.4 is 0 Å². The van der Waals surface area contributed by atoms with Crippen LogP contribution in [0.5, 0.6) is 0 Å². The smallest absolute Gasteiger partial charge is 0.338 e. The highest BCUT2D eigenvalue weighted by molar-refractivity contribution is 5.83. The van der Waals surface area contributed by atoms with Crippen LogP contribution in [-0.4, -0.2) is 59.4 Å². The standard InChI is InChI=1S/C18H27NO5/c1-11-8-12(2)18(3,22)17(21)23-10-13-4-6-19-7-5-14(16(13)19)24-15(20)9-11/h9,12-14,16,22H,4-8,10H2,1-3H3/b11-9+/t12-,13+,14+,16+,18-/m0/s1. The van der Waals surface area contributed by atoms with Crippen LogP contribution in [0.25, 0.3) is 0 Å². The molecule has 3 rings (SSSR count). The van der Waals surface area contributed by atoms with Crippen LogP contribution in [-0.2, 0) is 19.1 Å². The molecule has 24 heavy (non-hydrogen) atoms. The van der Waals surface area contributed by atoms with Crippen LogP contribution in [0.3, 0.4) is 0 Å². The Morgan fingerprint density at radius 3 is 2.75 bits per heavy atom. The summed E-state index contributed by atoms with van der Waals surface area (Å²) in [5.74, 6) is -1.12. The van der Waals surface area contributed by atoms with Gasteiger partial charge in [-0.3, -0.25) is 4.90 Å². The molecule has 3 aliphatic rings. The van der Waals surface area contributed by atoms with Crippen LogP contribution in [0.4, 0.5) is 0 Å². The minimum atomic E-state index is -1.57. The molecule has 6 nitrogen and oxygen atoms in total. The maximum Gasteiger partial charge on any atom is 0.338 e. The van der Waals surface area contributed by atoms with Gasteiger partial charge in [0.1, 0.15) is 6.10 Å². The lowest BCUT2D eigenvalue weighted by Gasteiger charge is -2.29. The predicted molar refractivity (Wildman–Crippen MR) is 87.1 cm³/mol. The zero-order valence-corrected chi connectivity index (χ0v) is 14.7. The van der Waals surface area contributed by atoms with Gasteiger partial charge < -0.3 is 14.6 Å². The third-order valence-corrected chi connectivity index (χ3v) is 5.83.